The maximum atomic E-state index is 14.2. The number of carbonyl (C=O) groups excluding carboxylic acids is 1. The summed E-state index contributed by atoms with van der Waals surface area (Å²) in [5.74, 6) is 0.370. The maximum absolute atomic E-state index is 14.2. The molecule has 3 aromatic carbocycles. The largest absolute Gasteiger partial charge is 0.328 e. The second-order valence-electron chi connectivity index (χ2n) is 7.98. The number of nitrogens with one attached hydrogen (secondary N) is 2. The summed E-state index contributed by atoms with van der Waals surface area (Å²) < 4.78 is 15.9. The van der Waals surface area contributed by atoms with E-state index in [0.717, 1.165) is 5.56 Å². The third kappa shape index (κ3) is 4.94. The van der Waals surface area contributed by atoms with E-state index >= 15 is 0 Å². The molecule has 1 unspecified atom stereocenters. The molecule has 0 saturated heterocycles. The fraction of sp³-hybridized carbons (Fsp3) is 0.115. The average molecular weight is 506 g/mol. The van der Waals surface area contributed by atoms with Crippen molar-refractivity contribution in [3.8, 4) is 0 Å². The Morgan fingerprint density at radius 3 is 2.66 bits per heavy atom. The van der Waals surface area contributed by atoms with E-state index in [4.69, 9.17) is 11.6 Å². The highest BCUT2D eigenvalue weighted by atomic mass is 35.5. The summed E-state index contributed by atoms with van der Waals surface area (Å²) in [4.78, 5) is 18.1. The molecule has 0 aliphatic carbocycles. The van der Waals surface area contributed by atoms with Crippen LogP contribution in [0.2, 0.25) is 5.02 Å². The Kier molecular flexibility index (Phi) is 6.57. The quantitative estimate of drug-likeness (QED) is 0.301. The molecule has 35 heavy (non-hydrogen) atoms. The van der Waals surface area contributed by atoms with E-state index < -0.39 is 11.9 Å². The Morgan fingerprint density at radius 2 is 1.89 bits per heavy atom. The number of carbonyl (C=O) groups is 1. The number of hydrogen-bond donors (Lipinski definition) is 2. The molecule has 2 heterocycles. The molecule has 2 N–H and O–H groups in total. The van der Waals surface area contributed by atoms with Gasteiger partial charge in [0.25, 0.3) is 5.91 Å². The monoisotopic (exact) mass is 505 g/mol. The first-order valence-electron chi connectivity index (χ1n) is 10.9. The first kappa shape index (κ1) is 23.1. The number of nitrogens with zero attached hydrogens (tertiary/aromatic N) is 3. The van der Waals surface area contributed by atoms with E-state index in [1.165, 1.54) is 23.9 Å². The lowest BCUT2D eigenvalue weighted by Crippen LogP contribution is -2.31. The van der Waals surface area contributed by atoms with Crippen molar-refractivity contribution in [2.75, 3.05) is 10.6 Å². The Morgan fingerprint density at radius 1 is 1.11 bits per heavy atom. The van der Waals surface area contributed by atoms with Crippen LogP contribution in [0.25, 0.3) is 0 Å². The van der Waals surface area contributed by atoms with Gasteiger partial charge in [0.15, 0.2) is 0 Å². The second kappa shape index (κ2) is 9.93. The van der Waals surface area contributed by atoms with E-state index in [1.807, 2.05) is 54.6 Å². The molecule has 1 amide bonds. The first-order valence-corrected chi connectivity index (χ1v) is 12.3. The molecule has 0 radical (unpaired) electrons. The predicted octanol–water partition coefficient (Wildman–Crippen LogP) is 6.29. The van der Waals surface area contributed by atoms with Gasteiger partial charge in [-0.05, 0) is 48.4 Å². The van der Waals surface area contributed by atoms with E-state index in [-0.39, 0.29) is 5.91 Å². The SMILES string of the molecule is CC1=C(C(=O)Nc2ccccc2)C(c2cccc(F)c2)n2nc(SCc3ccccc3Cl)nc2N1. The fourth-order valence-electron chi connectivity index (χ4n) is 3.95. The summed E-state index contributed by atoms with van der Waals surface area (Å²) in [5, 5.41) is 12.0. The highest BCUT2D eigenvalue weighted by Crippen LogP contribution is 2.37. The third-order valence-electron chi connectivity index (χ3n) is 5.59. The molecule has 4 aromatic rings. The van der Waals surface area contributed by atoms with Crippen molar-refractivity contribution in [2.24, 2.45) is 0 Å². The van der Waals surface area contributed by atoms with Crippen molar-refractivity contribution in [3.05, 3.63) is 112 Å². The van der Waals surface area contributed by atoms with Crippen molar-refractivity contribution >= 4 is 40.9 Å². The van der Waals surface area contributed by atoms with Crippen LogP contribution < -0.4 is 10.6 Å². The smallest absolute Gasteiger partial charge is 0.255 e. The molecule has 6 nitrogen and oxygen atoms in total. The normalized spacial score (nSPS) is 14.9. The summed E-state index contributed by atoms with van der Waals surface area (Å²) in [6, 6.07) is 22.3. The van der Waals surface area contributed by atoms with E-state index in [0.29, 0.717) is 44.4 Å². The number of para-hydroxylation sites is 1. The number of halogens is 2. The highest BCUT2D eigenvalue weighted by Gasteiger charge is 2.34. The van der Waals surface area contributed by atoms with Gasteiger partial charge in [0.1, 0.15) is 11.9 Å². The minimum Gasteiger partial charge on any atom is -0.328 e. The number of fused-ring (bicyclic) bond motifs is 1. The molecule has 1 aliphatic rings. The number of benzene rings is 3. The zero-order valence-corrected chi connectivity index (χ0v) is 20.3. The summed E-state index contributed by atoms with van der Waals surface area (Å²) in [5.41, 5.74) is 3.28. The van der Waals surface area contributed by atoms with Gasteiger partial charge in [0.2, 0.25) is 11.1 Å². The van der Waals surface area contributed by atoms with Crippen molar-refractivity contribution in [2.45, 2.75) is 23.9 Å². The number of hydrogen-bond acceptors (Lipinski definition) is 5. The Hall–Kier alpha value is -3.62. The molecule has 176 valence electrons. The number of rotatable bonds is 6. The van der Waals surface area contributed by atoms with Gasteiger partial charge in [-0.2, -0.15) is 4.98 Å². The maximum Gasteiger partial charge on any atom is 0.255 e. The van der Waals surface area contributed by atoms with Crippen molar-refractivity contribution in [3.63, 3.8) is 0 Å². The Bertz CT molecular complexity index is 1420. The summed E-state index contributed by atoms with van der Waals surface area (Å²) >= 11 is 7.73. The van der Waals surface area contributed by atoms with Crippen LogP contribution in [0, 0.1) is 5.82 Å². The lowest BCUT2D eigenvalue weighted by molar-refractivity contribution is -0.113. The lowest BCUT2D eigenvalue weighted by atomic mass is 9.95. The van der Waals surface area contributed by atoms with Crippen LogP contribution in [-0.4, -0.2) is 20.7 Å². The van der Waals surface area contributed by atoms with E-state index in [2.05, 4.69) is 20.7 Å². The highest BCUT2D eigenvalue weighted by molar-refractivity contribution is 7.98. The number of aromatic nitrogens is 3. The standard InChI is InChI=1S/C26H21ClFN5OS/c1-16-22(24(34)30-20-11-3-2-4-12-20)23(17-9-7-10-19(28)14-17)33-25(29-16)31-26(32-33)35-15-18-8-5-6-13-21(18)27/h2-14,23H,15H2,1H3,(H,30,34)(H,29,31,32). The average Bonchev–Trinajstić information content (AvgIpc) is 3.25. The summed E-state index contributed by atoms with van der Waals surface area (Å²) in [6.07, 6.45) is 0. The van der Waals surface area contributed by atoms with Gasteiger partial charge in [-0.3, -0.25) is 4.79 Å². The van der Waals surface area contributed by atoms with Crippen LogP contribution in [0.3, 0.4) is 0 Å². The zero-order chi connectivity index (χ0) is 24.4. The summed E-state index contributed by atoms with van der Waals surface area (Å²) in [6.45, 7) is 1.81. The Balaban J connectivity index is 1.50. The molecule has 0 spiro atoms. The topological polar surface area (TPSA) is 71.8 Å². The van der Waals surface area contributed by atoms with Crippen molar-refractivity contribution < 1.29 is 9.18 Å². The minimum atomic E-state index is -0.659. The number of amides is 1. The van der Waals surface area contributed by atoms with E-state index in [1.54, 1.807) is 23.7 Å². The van der Waals surface area contributed by atoms with Crippen LogP contribution in [0.4, 0.5) is 16.0 Å². The molecule has 0 fully saturated rings. The molecule has 1 aliphatic heterocycles. The Labute approximate surface area is 211 Å². The van der Waals surface area contributed by atoms with Crippen molar-refractivity contribution in [1.82, 2.24) is 14.8 Å². The van der Waals surface area contributed by atoms with Gasteiger partial charge in [-0.25, -0.2) is 9.07 Å². The second-order valence-corrected chi connectivity index (χ2v) is 9.33. The molecular weight excluding hydrogens is 485 g/mol. The number of anilines is 2. The fourth-order valence-corrected chi connectivity index (χ4v) is 5.06. The van der Waals surface area contributed by atoms with Crippen LogP contribution in [-0.2, 0) is 10.5 Å². The van der Waals surface area contributed by atoms with E-state index in [9.17, 15) is 9.18 Å². The van der Waals surface area contributed by atoms with Crippen LogP contribution >= 0.6 is 23.4 Å². The van der Waals surface area contributed by atoms with Crippen molar-refractivity contribution in [1.29, 1.82) is 0 Å². The molecule has 0 bridgehead atoms. The molecule has 1 aromatic heterocycles. The van der Waals surface area contributed by atoms with Crippen LogP contribution in [0.15, 0.2) is 95.3 Å². The van der Waals surface area contributed by atoms with Gasteiger partial charge in [0, 0.05) is 22.2 Å². The number of thioether (sulfide) groups is 1. The van der Waals surface area contributed by atoms with Crippen LogP contribution in [0.1, 0.15) is 24.1 Å². The van der Waals surface area contributed by atoms with Gasteiger partial charge in [-0.15, -0.1) is 5.10 Å². The predicted molar refractivity (Wildman–Crippen MR) is 137 cm³/mol. The molecule has 5 rings (SSSR count). The molecule has 1 atom stereocenters. The molecular formula is C26H21ClFN5OS. The van der Waals surface area contributed by atoms with Gasteiger partial charge < -0.3 is 10.6 Å². The van der Waals surface area contributed by atoms with Crippen LogP contribution in [0.5, 0.6) is 0 Å². The first-order chi connectivity index (χ1) is 17.0. The number of allylic oxidation sites excluding steroid dienone is 1. The van der Waals surface area contributed by atoms with Gasteiger partial charge >= 0.3 is 0 Å². The third-order valence-corrected chi connectivity index (χ3v) is 6.84. The zero-order valence-electron chi connectivity index (χ0n) is 18.7. The molecule has 9 heteroatoms. The minimum absolute atomic E-state index is 0.304. The summed E-state index contributed by atoms with van der Waals surface area (Å²) in [7, 11) is 0. The molecule has 0 saturated carbocycles. The van der Waals surface area contributed by atoms with Gasteiger partial charge in [-0.1, -0.05) is 71.9 Å². The lowest BCUT2D eigenvalue weighted by Gasteiger charge is -2.28. The van der Waals surface area contributed by atoms with Gasteiger partial charge in [0.05, 0.1) is 5.57 Å².